The Bertz CT molecular complexity index is 2100. The molecule has 3 aromatic carbocycles. The number of thiazole rings is 1. The number of thioether (sulfide) groups is 1. The molecule has 3 fully saturated rings. The average Bonchev–Trinajstić information content (AvgIpc) is 3.84. The van der Waals surface area contributed by atoms with E-state index < -0.39 is 22.7 Å². The number of amides is 3. The molecular weight excluding hydrogens is 685 g/mol. The summed E-state index contributed by atoms with van der Waals surface area (Å²) in [7, 11) is 0. The number of aromatic amines is 1. The SMILES string of the molecule is CCOc1cc([C@@H]2c3sc(=O)[nH]c3S[C@@H]3[C@@H]4C[C@@H]([C@@H]5C(=O)N(c6ccc([N+](=O)[O-])cc6)C(=O)[C@@H]45)[C@H]23)ccc1OCC(=O)Nc1ccc(O)cc1. The van der Waals surface area contributed by atoms with Crippen molar-refractivity contribution >= 4 is 57.9 Å². The third-order valence-electron chi connectivity index (χ3n) is 10.2. The molecule has 2 bridgehead atoms. The smallest absolute Gasteiger partial charge is 0.305 e. The van der Waals surface area contributed by atoms with Crippen LogP contribution in [0.2, 0.25) is 0 Å². The Morgan fingerprint density at radius 3 is 2.42 bits per heavy atom. The molecule has 1 saturated heterocycles. The minimum atomic E-state index is -0.537. The van der Waals surface area contributed by atoms with E-state index in [1.54, 1.807) is 30.0 Å². The molecule has 3 N–H and O–H groups in total. The highest BCUT2D eigenvalue weighted by molar-refractivity contribution is 8.00. The van der Waals surface area contributed by atoms with Crippen LogP contribution in [0.1, 0.15) is 29.7 Å². The molecule has 2 saturated carbocycles. The molecule has 0 unspecified atom stereocenters. The summed E-state index contributed by atoms with van der Waals surface area (Å²) in [5.74, 6) is -1.69. The van der Waals surface area contributed by atoms with Crippen LogP contribution < -0.4 is 24.6 Å². The highest BCUT2D eigenvalue weighted by Crippen LogP contribution is 2.68. The summed E-state index contributed by atoms with van der Waals surface area (Å²) >= 11 is 2.72. The Balaban J connectivity index is 1.09. The van der Waals surface area contributed by atoms with Gasteiger partial charge in [-0.05, 0) is 85.2 Å². The lowest BCUT2D eigenvalue weighted by atomic mass is 9.68. The van der Waals surface area contributed by atoms with Crippen molar-refractivity contribution in [1.82, 2.24) is 4.98 Å². The Kier molecular flexibility index (Phi) is 7.90. The van der Waals surface area contributed by atoms with E-state index in [9.17, 15) is 34.4 Å². The van der Waals surface area contributed by atoms with Crippen molar-refractivity contribution in [1.29, 1.82) is 0 Å². The van der Waals surface area contributed by atoms with Crippen molar-refractivity contribution in [2.75, 3.05) is 23.4 Å². The minimum Gasteiger partial charge on any atom is -0.508 e. The molecule has 2 aliphatic carbocycles. The number of non-ortho nitro benzene ring substituents is 1. The van der Waals surface area contributed by atoms with E-state index in [2.05, 4.69) is 10.3 Å². The number of fused-ring (bicyclic) bond motifs is 9. The fourth-order valence-electron chi connectivity index (χ4n) is 8.36. The monoisotopic (exact) mass is 714 g/mol. The Hall–Kier alpha value is -5.15. The minimum absolute atomic E-state index is 0.0346. The van der Waals surface area contributed by atoms with E-state index in [0.717, 1.165) is 26.8 Å². The molecule has 256 valence electrons. The van der Waals surface area contributed by atoms with E-state index >= 15 is 0 Å². The maximum Gasteiger partial charge on any atom is 0.305 e. The number of nitro groups is 1. The van der Waals surface area contributed by atoms with Gasteiger partial charge in [-0.1, -0.05) is 17.4 Å². The number of aromatic nitrogens is 1. The molecule has 0 spiro atoms. The lowest BCUT2D eigenvalue weighted by molar-refractivity contribution is -0.384. The normalized spacial score (nSPS) is 25.9. The predicted molar refractivity (Wildman–Crippen MR) is 184 cm³/mol. The van der Waals surface area contributed by atoms with Gasteiger partial charge in [-0.2, -0.15) is 0 Å². The molecule has 15 heteroatoms. The highest BCUT2D eigenvalue weighted by Gasteiger charge is 2.69. The molecule has 4 aromatic rings. The van der Waals surface area contributed by atoms with Gasteiger partial charge in [-0.25, -0.2) is 0 Å². The zero-order valence-electron chi connectivity index (χ0n) is 26.4. The maximum absolute atomic E-state index is 14.0. The number of phenolic OH excluding ortho intramolecular Hbond substituents is 1. The first-order valence-electron chi connectivity index (χ1n) is 16.1. The molecule has 0 radical (unpaired) electrons. The van der Waals surface area contributed by atoms with Crippen molar-refractivity contribution in [2.45, 2.75) is 29.5 Å². The summed E-state index contributed by atoms with van der Waals surface area (Å²) in [5.41, 5.74) is 1.57. The number of imide groups is 1. The number of phenols is 1. The number of hydrogen-bond acceptors (Lipinski definition) is 11. The number of ether oxygens (including phenoxy) is 2. The number of nitrogens with zero attached hydrogens (tertiary/aromatic N) is 2. The van der Waals surface area contributed by atoms with Gasteiger partial charge in [-0.15, -0.1) is 11.8 Å². The summed E-state index contributed by atoms with van der Waals surface area (Å²) in [6.07, 6.45) is 0.703. The quantitative estimate of drug-likeness (QED) is 0.0909. The Morgan fingerprint density at radius 2 is 1.72 bits per heavy atom. The zero-order valence-corrected chi connectivity index (χ0v) is 28.1. The number of nitro benzene ring substituents is 1. The number of carbonyl (C=O) groups excluding carboxylic acids is 3. The standard InChI is InChI=1S/C35H30N4O9S2/c1-2-47-24-13-16(3-12-23(24)48-15-25(41)36-17-4-10-20(40)11-5-17)26-27-21-14-22(30(27)49-32-31(26)50-35(44)37-32)29-28(21)33(42)38(34(29)43)18-6-8-19(9-7-18)39(45)46/h3-13,21-22,26-30,40H,2,14-15H2,1H3,(H,36,41)(H,37,44)/t21-,22-,26+,27-,28+,29+,30-/m1/s1. The van der Waals surface area contributed by atoms with Crippen LogP contribution in [0.15, 0.2) is 76.6 Å². The van der Waals surface area contributed by atoms with Crippen LogP contribution in [-0.2, 0) is 14.4 Å². The van der Waals surface area contributed by atoms with Crippen molar-refractivity contribution in [3.05, 3.63) is 97.0 Å². The summed E-state index contributed by atoms with van der Waals surface area (Å²) in [6, 6.07) is 17.1. The van der Waals surface area contributed by atoms with Gasteiger partial charge in [-0.3, -0.25) is 34.2 Å². The number of rotatable bonds is 9. The van der Waals surface area contributed by atoms with Crippen LogP contribution in [0.3, 0.4) is 0 Å². The molecule has 7 atom stereocenters. The topological polar surface area (TPSA) is 181 Å². The third kappa shape index (κ3) is 5.22. The summed E-state index contributed by atoms with van der Waals surface area (Å²) in [6.45, 7) is 1.88. The average molecular weight is 715 g/mol. The number of anilines is 2. The first kappa shape index (κ1) is 32.1. The summed E-state index contributed by atoms with van der Waals surface area (Å²) in [4.78, 5) is 68.9. The number of nitrogens with one attached hydrogen (secondary N) is 2. The van der Waals surface area contributed by atoms with Crippen molar-refractivity contribution < 1.29 is 33.9 Å². The lowest BCUT2D eigenvalue weighted by Crippen LogP contribution is -2.42. The van der Waals surface area contributed by atoms with E-state index in [-0.39, 0.29) is 63.7 Å². The number of H-pyrrole nitrogens is 1. The predicted octanol–water partition coefficient (Wildman–Crippen LogP) is 5.14. The summed E-state index contributed by atoms with van der Waals surface area (Å²) < 4.78 is 11.9. The molecule has 50 heavy (non-hydrogen) atoms. The van der Waals surface area contributed by atoms with Gasteiger partial charge in [0.25, 0.3) is 11.6 Å². The van der Waals surface area contributed by atoms with Gasteiger partial charge < -0.3 is 24.9 Å². The van der Waals surface area contributed by atoms with Gasteiger partial charge >= 0.3 is 4.87 Å². The van der Waals surface area contributed by atoms with Crippen molar-refractivity contribution in [2.24, 2.45) is 29.6 Å². The van der Waals surface area contributed by atoms with Crippen LogP contribution in [0.4, 0.5) is 17.1 Å². The van der Waals surface area contributed by atoms with Gasteiger partial charge in [0.1, 0.15) is 5.75 Å². The molecule has 2 aliphatic heterocycles. The second-order valence-corrected chi connectivity index (χ2v) is 15.0. The lowest BCUT2D eigenvalue weighted by Gasteiger charge is -2.43. The molecular formula is C35H30N4O9S2. The van der Waals surface area contributed by atoms with E-state index in [1.165, 1.54) is 41.3 Å². The van der Waals surface area contributed by atoms with E-state index in [4.69, 9.17) is 9.47 Å². The third-order valence-corrected chi connectivity index (χ3v) is 12.8. The fraction of sp³-hybridized carbons (Fsp3) is 0.314. The first-order valence-corrected chi connectivity index (χ1v) is 17.8. The number of carbonyl (C=O) groups is 3. The van der Waals surface area contributed by atoms with E-state index in [0.29, 0.717) is 35.9 Å². The van der Waals surface area contributed by atoms with Crippen LogP contribution in [0.5, 0.6) is 17.2 Å². The maximum atomic E-state index is 14.0. The fourth-order valence-corrected chi connectivity index (χ4v) is 11.2. The second kappa shape index (κ2) is 12.3. The van der Waals surface area contributed by atoms with Crippen molar-refractivity contribution in [3.63, 3.8) is 0 Å². The van der Waals surface area contributed by atoms with Crippen LogP contribution >= 0.6 is 23.1 Å². The molecule has 8 rings (SSSR count). The van der Waals surface area contributed by atoms with Crippen LogP contribution in [-0.4, -0.2) is 51.2 Å². The van der Waals surface area contributed by atoms with Crippen molar-refractivity contribution in [3.8, 4) is 17.2 Å². The summed E-state index contributed by atoms with van der Waals surface area (Å²) in [5, 5.41) is 24.2. The van der Waals surface area contributed by atoms with Crippen LogP contribution in [0.25, 0.3) is 0 Å². The molecule has 3 amide bonds. The molecule has 1 aromatic heterocycles. The zero-order chi connectivity index (χ0) is 34.8. The van der Waals surface area contributed by atoms with E-state index in [1.807, 2.05) is 19.1 Å². The van der Waals surface area contributed by atoms with Gasteiger partial charge in [0.05, 0.1) is 34.1 Å². The highest BCUT2D eigenvalue weighted by atomic mass is 32.2. The number of hydrogen-bond donors (Lipinski definition) is 3. The van der Waals surface area contributed by atoms with Gasteiger partial charge in [0.15, 0.2) is 18.1 Å². The van der Waals surface area contributed by atoms with Gasteiger partial charge in [0.2, 0.25) is 11.8 Å². The van der Waals surface area contributed by atoms with Crippen LogP contribution in [0, 0.1) is 39.7 Å². The largest absolute Gasteiger partial charge is 0.508 e. The van der Waals surface area contributed by atoms with Gasteiger partial charge in [0, 0.05) is 33.9 Å². The Morgan fingerprint density at radius 1 is 1.00 bits per heavy atom. The molecule has 3 heterocycles. The Labute approximate surface area is 292 Å². The number of aromatic hydroxyl groups is 1. The first-order chi connectivity index (χ1) is 24.1. The number of benzene rings is 3. The molecule has 13 nitrogen and oxygen atoms in total. The second-order valence-electron chi connectivity index (χ2n) is 12.8. The molecule has 4 aliphatic rings.